The zero-order valence-electron chi connectivity index (χ0n) is 22.0. The zero-order valence-corrected chi connectivity index (χ0v) is 22.0. The van der Waals surface area contributed by atoms with Crippen LogP contribution in [0.25, 0.3) is 11.4 Å². The number of carbonyl (C=O) groups is 2. The van der Waals surface area contributed by atoms with Crippen LogP contribution < -0.4 is 4.74 Å². The number of hydrogen-bond donors (Lipinski definition) is 1. The molecule has 1 N–H and O–H groups in total. The summed E-state index contributed by atoms with van der Waals surface area (Å²) in [5, 5.41) is 19.7. The van der Waals surface area contributed by atoms with Crippen LogP contribution >= 0.6 is 0 Å². The smallest absolute Gasteiger partial charge is 0.338 e. The molecule has 1 fully saturated rings. The van der Waals surface area contributed by atoms with Crippen molar-refractivity contribution < 1.29 is 33.6 Å². The Kier molecular flexibility index (Phi) is 8.18. The standard InChI is InChI=1S/C30H29N3O7/c1-3-33-27(19-14-16-22(37-2)17-15-19)31-32-28(33)26-25(40-30(36)21-12-8-5-9-13-21)24(23(34)18-38-26)39-29(35)20-10-6-4-7-11-20/h4-17,23-26,34H,3,18H2,1-2H3/t23?,24?,25-,26?/m0/s1. The molecular formula is C30H29N3O7. The van der Waals surface area contributed by atoms with Crippen molar-refractivity contribution in [2.45, 2.75) is 37.9 Å². The molecule has 3 aromatic carbocycles. The van der Waals surface area contributed by atoms with Crippen molar-refractivity contribution in [1.82, 2.24) is 14.8 Å². The Labute approximate surface area is 231 Å². The van der Waals surface area contributed by atoms with Crippen molar-refractivity contribution in [3.05, 3.63) is 102 Å². The van der Waals surface area contributed by atoms with Crippen molar-refractivity contribution >= 4 is 11.9 Å². The molecule has 4 atom stereocenters. The molecule has 10 heteroatoms. The van der Waals surface area contributed by atoms with Crippen molar-refractivity contribution in [3.8, 4) is 17.1 Å². The number of rotatable bonds is 8. The normalized spacial score (nSPS) is 20.5. The monoisotopic (exact) mass is 543 g/mol. The number of aliphatic hydroxyl groups excluding tert-OH is 1. The van der Waals surface area contributed by atoms with Crippen LogP contribution in [0, 0.1) is 0 Å². The number of hydrogen-bond acceptors (Lipinski definition) is 9. The van der Waals surface area contributed by atoms with E-state index in [0.29, 0.717) is 35.1 Å². The molecule has 3 unspecified atom stereocenters. The van der Waals surface area contributed by atoms with E-state index in [1.165, 1.54) is 0 Å². The number of nitrogens with zero attached hydrogens (tertiary/aromatic N) is 3. The van der Waals surface area contributed by atoms with Crippen molar-refractivity contribution in [3.63, 3.8) is 0 Å². The lowest BCUT2D eigenvalue weighted by molar-refractivity contribution is -0.193. The topological polar surface area (TPSA) is 122 Å². The van der Waals surface area contributed by atoms with Crippen LogP contribution in [0.3, 0.4) is 0 Å². The van der Waals surface area contributed by atoms with Gasteiger partial charge < -0.3 is 28.6 Å². The van der Waals surface area contributed by atoms with Crippen LogP contribution in [0.2, 0.25) is 0 Å². The van der Waals surface area contributed by atoms with Gasteiger partial charge in [0.1, 0.15) is 11.9 Å². The first-order chi connectivity index (χ1) is 19.5. The highest BCUT2D eigenvalue weighted by atomic mass is 16.6. The molecule has 0 amide bonds. The van der Waals surface area contributed by atoms with E-state index in [9.17, 15) is 14.7 Å². The Morgan fingerprint density at radius 2 is 1.45 bits per heavy atom. The number of methoxy groups -OCH3 is 1. The van der Waals surface area contributed by atoms with Gasteiger partial charge in [0.25, 0.3) is 0 Å². The van der Waals surface area contributed by atoms with Gasteiger partial charge in [0.05, 0.1) is 24.8 Å². The fourth-order valence-corrected chi connectivity index (χ4v) is 4.60. The van der Waals surface area contributed by atoms with Gasteiger partial charge in [0, 0.05) is 12.1 Å². The number of aliphatic hydroxyl groups is 1. The molecule has 0 saturated carbocycles. The maximum atomic E-state index is 13.2. The molecule has 0 radical (unpaired) electrons. The first-order valence-electron chi connectivity index (χ1n) is 12.9. The van der Waals surface area contributed by atoms with Gasteiger partial charge in [0.2, 0.25) is 0 Å². The van der Waals surface area contributed by atoms with Crippen molar-refractivity contribution in [2.24, 2.45) is 0 Å². The predicted molar refractivity (Wildman–Crippen MR) is 144 cm³/mol. The Balaban J connectivity index is 1.51. The maximum absolute atomic E-state index is 13.2. The second-order valence-electron chi connectivity index (χ2n) is 9.15. The quantitative estimate of drug-likeness (QED) is 0.330. The van der Waals surface area contributed by atoms with E-state index in [-0.39, 0.29) is 6.61 Å². The Morgan fingerprint density at radius 3 is 2.00 bits per heavy atom. The van der Waals surface area contributed by atoms with E-state index in [1.54, 1.807) is 67.8 Å². The van der Waals surface area contributed by atoms with Gasteiger partial charge in [-0.3, -0.25) is 0 Å². The second kappa shape index (κ2) is 12.1. The maximum Gasteiger partial charge on any atom is 0.338 e. The summed E-state index contributed by atoms with van der Waals surface area (Å²) in [6.07, 6.45) is -4.69. The van der Waals surface area contributed by atoms with Gasteiger partial charge >= 0.3 is 11.9 Å². The van der Waals surface area contributed by atoms with Crippen molar-refractivity contribution in [2.75, 3.05) is 13.7 Å². The molecular weight excluding hydrogens is 514 g/mol. The lowest BCUT2D eigenvalue weighted by atomic mass is 9.98. The molecule has 206 valence electrons. The minimum absolute atomic E-state index is 0.175. The molecule has 1 aromatic heterocycles. The average molecular weight is 544 g/mol. The lowest BCUT2D eigenvalue weighted by Crippen LogP contribution is -2.53. The van der Waals surface area contributed by atoms with Gasteiger partial charge in [0.15, 0.2) is 30.0 Å². The molecule has 40 heavy (non-hydrogen) atoms. The van der Waals surface area contributed by atoms with E-state index in [2.05, 4.69) is 10.2 Å². The minimum Gasteiger partial charge on any atom is -0.497 e. The number of carbonyl (C=O) groups excluding carboxylic acids is 2. The number of aromatic nitrogens is 3. The van der Waals surface area contributed by atoms with Crippen LogP contribution in [0.15, 0.2) is 84.9 Å². The summed E-state index contributed by atoms with van der Waals surface area (Å²) in [6, 6.07) is 24.2. The molecule has 1 aliphatic heterocycles. The first kappa shape index (κ1) is 27.0. The van der Waals surface area contributed by atoms with Crippen molar-refractivity contribution in [1.29, 1.82) is 0 Å². The second-order valence-corrected chi connectivity index (χ2v) is 9.15. The third-order valence-electron chi connectivity index (χ3n) is 6.65. The van der Waals surface area contributed by atoms with E-state index < -0.39 is 36.4 Å². The third kappa shape index (κ3) is 5.58. The van der Waals surface area contributed by atoms with Gasteiger partial charge in [-0.05, 0) is 55.5 Å². The molecule has 0 spiro atoms. The van der Waals surface area contributed by atoms with E-state index >= 15 is 0 Å². The molecule has 4 aromatic rings. The van der Waals surface area contributed by atoms with Gasteiger partial charge in [-0.2, -0.15) is 0 Å². The SMILES string of the molecule is CCn1c(-c2ccc(OC)cc2)nnc1C1OCC(O)C(OC(=O)c2ccccc2)[C@@H]1OC(=O)c1ccccc1. The predicted octanol–water partition coefficient (Wildman–Crippen LogP) is 3.86. The highest BCUT2D eigenvalue weighted by Gasteiger charge is 2.48. The summed E-state index contributed by atoms with van der Waals surface area (Å²) in [4.78, 5) is 26.2. The summed E-state index contributed by atoms with van der Waals surface area (Å²) in [5.41, 5.74) is 1.39. The zero-order chi connectivity index (χ0) is 28.1. The number of esters is 2. The largest absolute Gasteiger partial charge is 0.497 e. The van der Waals surface area contributed by atoms with Gasteiger partial charge in [-0.1, -0.05) is 36.4 Å². The van der Waals surface area contributed by atoms with E-state index in [4.69, 9.17) is 18.9 Å². The molecule has 2 heterocycles. The molecule has 0 aliphatic carbocycles. The van der Waals surface area contributed by atoms with Gasteiger partial charge in [-0.25, -0.2) is 9.59 Å². The van der Waals surface area contributed by atoms with Crippen LogP contribution in [0.5, 0.6) is 5.75 Å². The minimum atomic E-state index is -1.25. The number of benzene rings is 3. The fraction of sp³-hybridized carbons (Fsp3) is 0.267. The summed E-state index contributed by atoms with van der Waals surface area (Å²) in [7, 11) is 1.59. The average Bonchev–Trinajstić information content (AvgIpc) is 3.43. The van der Waals surface area contributed by atoms with Gasteiger partial charge in [-0.15, -0.1) is 10.2 Å². The van der Waals surface area contributed by atoms with Crippen LogP contribution in [0.1, 0.15) is 39.6 Å². The summed E-state index contributed by atoms with van der Waals surface area (Å²) >= 11 is 0. The summed E-state index contributed by atoms with van der Waals surface area (Å²) < 4.78 is 24.8. The molecule has 5 rings (SSSR count). The Morgan fingerprint density at radius 1 is 0.875 bits per heavy atom. The molecule has 1 aliphatic rings. The van der Waals surface area contributed by atoms with Crippen LogP contribution in [-0.2, 0) is 20.8 Å². The third-order valence-corrected chi connectivity index (χ3v) is 6.65. The summed E-state index contributed by atoms with van der Waals surface area (Å²) in [5.74, 6) is 0.314. The Bertz CT molecular complexity index is 1440. The molecule has 1 saturated heterocycles. The van der Waals surface area contributed by atoms with E-state index in [1.807, 2.05) is 35.8 Å². The Hall–Kier alpha value is -4.54. The number of ether oxygens (including phenoxy) is 4. The van der Waals surface area contributed by atoms with E-state index in [0.717, 1.165) is 5.56 Å². The van der Waals surface area contributed by atoms with Crippen LogP contribution in [0.4, 0.5) is 0 Å². The summed E-state index contributed by atoms with van der Waals surface area (Å²) in [6.45, 7) is 2.22. The van der Waals surface area contributed by atoms with Crippen LogP contribution in [-0.4, -0.2) is 63.8 Å². The molecule has 0 bridgehead atoms. The fourth-order valence-electron chi connectivity index (χ4n) is 4.60. The lowest BCUT2D eigenvalue weighted by Gasteiger charge is -2.39. The molecule has 10 nitrogen and oxygen atoms in total. The highest BCUT2D eigenvalue weighted by molar-refractivity contribution is 5.90. The first-order valence-corrected chi connectivity index (χ1v) is 12.9. The highest BCUT2D eigenvalue weighted by Crippen LogP contribution is 2.35.